The molecule has 0 saturated carbocycles. The van der Waals surface area contributed by atoms with Crippen molar-refractivity contribution in [3.05, 3.63) is 23.3 Å². The Bertz CT molecular complexity index is 452. The van der Waals surface area contributed by atoms with Gasteiger partial charge in [0.25, 0.3) is 0 Å². The Hall–Kier alpha value is -1.73. The molecule has 0 aliphatic carbocycles. The fraction of sp³-hybridized carbons (Fsp3) is 0.533. The molecule has 0 fully saturated rings. The van der Waals surface area contributed by atoms with Gasteiger partial charge in [-0.1, -0.05) is 0 Å². The SMILES string of the molecule is COc1cc(C)c(CN(C)CCCC#N)cc1OC. The van der Waals surface area contributed by atoms with Crippen LogP contribution < -0.4 is 9.47 Å². The van der Waals surface area contributed by atoms with Gasteiger partial charge in [0.1, 0.15) is 0 Å². The molecule has 0 saturated heterocycles. The van der Waals surface area contributed by atoms with Crippen LogP contribution in [0, 0.1) is 18.3 Å². The van der Waals surface area contributed by atoms with E-state index >= 15 is 0 Å². The molecule has 1 rings (SSSR count). The first-order valence-electron chi connectivity index (χ1n) is 6.39. The zero-order valence-electron chi connectivity index (χ0n) is 12.2. The zero-order chi connectivity index (χ0) is 14.3. The highest BCUT2D eigenvalue weighted by Crippen LogP contribution is 2.30. The summed E-state index contributed by atoms with van der Waals surface area (Å²) in [6.45, 7) is 3.83. The van der Waals surface area contributed by atoms with Crippen LogP contribution in [0.15, 0.2) is 12.1 Å². The number of rotatable bonds is 7. The van der Waals surface area contributed by atoms with Gasteiger partial charge in [-0.15, -0.1) is 0 Å². The first-order chi connectivity index (χ1) is 9.12. The van der Waals surface area contributed by atoms with Crippen molar-refractivity contribution >= 4 is 0 Å². The third kappa shape index (κ3) is 4.46. The molecule has 0 heterocycles. The number of unbranched alkanes of at least 4 members (excludes halogenated alkanes) is 1. The van der Waals surface area contributed by atoms with Crippen molar-refractivity contribution in [3.63, 3.8) is 0 Å². The highest BCUT2D eigenvalue weighted by molar-refractivity contribution is 5.46. The maximum atomic E-state index is 8.54. The average Bonchev–Trinajstić information content (AvgIpc) is 2.40. The lowest BCUT2D eigenvalue weighted by atomic mass is 10.1. The quantitative estimate of drug-likeness (QED) is 0.709. The summed E-state index contributed by atoms with van der Waals surface area (Å²) in [6.07, 6.45) is 1.51. The summed E-state index contributed by atoms with van der Waals surface area (Å²) >= 11 is 0. The summed E-state index contributed by atoms with van der Waals surface area (Å²) in [5, 5.41) is 8.54. The van der Waals surface area contributed by atoms with E-state index in [2.05, 4.69) is 24.9 Å². The van der Waals surface area contributed by atoms with Gasteiger partial charge in [0.2, 0.25) is 0 Å². The lowest BCUT2D eigenvalue weighted by molar-refractivity contribution is 0.320. The number of ether oxygens (including phenoxy) is 2. The summed E-state index contributed by atoms with van der Waals surface area (Å²) in [7, 11) is 5.35. The molecular formula is C15H22N2O2. The van der Waals surface area contributed by atoms with Crippen LogP contribution in [0.5, 0.6) is 11.5 Å². The fourth-order valence-electron chi connectivity index (χ4n) is 1.99. The molecule has 0 aliphatic heterocycles. The standard InChI is InChI=1S/C15H22N2O2/c1-12-9-14(18-3)15(19-4)10-13(12)11-17(2)8-6-5-7-16/h9-10H,5-6,8,11H2,1-4H3. The molecule has 0 bridgehead atoms. The Morgan fingerprint density at radius 3 is 2.42 bits per heavy atom. The van der Waals surface area contributed by atoms with Crippen molar-refractivity contribution < 1.29 is 9.47 Å². The number of methoxy groups -OCH3 is 2. The second-order valence-corrected chi connectivity index (χ2v) is 4.63. The average molecular weight is 262 g/mol. The van der Waals surface area contributed by atoms with E-state index in [0.717, 1.165) is 31.0 Å². The first kappa shape index (κ1) is 15.3. The summed E-state index contributed by atoms with van der Waals surface area (Å²) < 4.78 is 10.6. The minimum atomic E-state index is 0.606. The van der Waals surface area contributed by atoms with Crippen LogP contribution in [0.25, 0.3) is 0 Å². The predicted octanol–water partition coefficient (Wildman–Crippen LogP) is 2.75. The van der Waals surface area contributed by atoms with Crippen molar-refractivity contribution in [1.82, 2.24) is 4.90 Å². The largest absolute Gasteiger partial charge is 0.493 e. The molecule has 0 amide bonds. The maximum Gasteiger partial charge on any atom is 0.161 e. The minimum Gasteiger partial charge on any atom is -0.493 e. The molecule has 4 heteroatoms. The van der Waals surface area contributed by atoms with Crippen LogP contribution in [0.3, 0.4) is 0 Å². The Morgan fingerprint density at radius 1 is 1.21 bits per heavy atom. The van der Waals surface area contributed by atoms with Gasteiger partial charge in [-0.05, 0) is 50.2 Å². The molecule has 1 aromatic rings. The molecular weight excluding hydrogens is 240 g/mol. The Labute approximate surface area is 115 Å². The van der Waals surface area contributed by atoms with Gasteiger partial charge in [0.05, 0.1) is 20.3 Å². The van der Waals surface area contributed by atoms with Crippen molar-refractivity contribution in [2.75, 3.05) is 27.8 Å². The van der Waals surface area contributed by atoms with Crippen LogP contribution in [-0.2, 0) is 6.54 Å². The van der Waals surface area contributed by atoms with Crippen LogP contribution in [-0.4, -0.2) is 32.7 Å². The van der Waals surface area contributed by atoms with Crippen LogP contribution in [0.4, 0.5) is 0 Å². The Balaban J connectivity index is 2.75. The van der Waals surface area contributed by atoms with Crippen molar-refractivity contribution in [2.45, 2.75) is 26.3 Å². The molecule has 0 spiro atoms. The van der Waals surface area contributed by atoms with E-state index < -0.39 is 0 Å². The van der Waals surface area contributed by atoms with Gasteiger partial charge in [0, 0.05) is 13.0 Å². The summed E-state index contributed by atoms with van der Waals surface area (Å²) in [5.74, 6) is 1.52. The van der Waals surface area contributed by atoms with E-state index in [1.807, 2.05) is 12.1 Å². The van der Waals surface area contributed by atoms with E-state index in [1.165, 1.54) is 11.1 Å². The smallest absolute Gasteiger partial charge is 0.161 e. The summed E-state index contributed by atoms with van der Waals surface area (Å²) in [6, 6.07) is 6.19. The number of benzene rings is 1. The molecule has 0 N–H and O–H groups in total. The highest BCUT2D eigenvalue weighted by Gasteiger charge is 2.10. The van der Waals surface area contributed by atoms with Gasteiger partial charge in [0.15, 0.2) is 11.5 Å². The zero-order valence-corrected chi connectivity index (χ0v) is 12.2. The molecule has 0 aromatic heterocycles. The molecule has 0 aliphatic rings. The fourth-order valence-corrected chi connectivity index (χ4v) is 1.99. The highest BCUT2D eigenvalue weighted by atomic mass is 16.5. The maximum absolute atomic E-state index is 8.54. The summed E-state index contributed by atoms with van der Waals surface area (Å²) in [4.78, 5) is 2.21. The van der Waals surface area contributed by atoms with Gasteiger partial charge in [-0.3, -0.25) is 0 Å². The third-order valence-electron chi connectivity index (χ3n) is 3.11. The lowest BCUT2D eigenvalue weighted by Gasteiger charge is -2.19. The lowest BCUT2D eigenvalue weighted by Crippen LogP contribution is -2.19. The summed E-state index contributed by atoms with van der Waals surface area (Å²) in [5.41, 5.74) is 2.40. The van der Waals surface area contributed by atoms with E-state index in [4.69, 9.17) is 14.7 Å². The van der Waals surface area contributed by atoms with E-state index in [9.17, 15) is 0 Å². The van der Waals surface area contributed by atoms with Crippen molar-refractivity contribution in [3.8, 4) is 17.6 Å². The minimum absolute atomic E-state index is 0.606. The van der Waals surface area contributed by atoms with E-state index in [0.29, 0.717) is 6.42 Å². The monoisotopic (exact) mass is 262 g/mol. The Morgan fingerprint density at radius 2 is 1.84 bits per heavy atom. The molecule has 0 atom stereocenters. The Kier molecular flexibility index (Phi) is 6.17. The topological polar surface area (TPSA) is 45.5 Å². The number of hydrogen-bond acceptors (Lipinski definition) is 4. The van der Waals surface area contributed by atoms with Crippen molar-refractivity contribution in [2.24, 2.45) is 0 Å². The number of aryl methyl sites for hydroxylation is 1. The number of hydrogen-bond donors (Lipinski definition) is 0. The second kappa shape index (κ2) is 7.65. The van der Waals surface area contributed by atoms with Crippen molar-refractivity contribution in [1.29, 1.82) is 5.26 Å². The molecule has 0 radical (unpaired) electrons. The number of nitriles is 1. The normalized spacial score (nSPS) is 10.3. The van der Waals surface area contributed by atoms with E-state index in [-0.39, 0.29) is 0 Å². The van der Waals surface area contributed by atoms with E-state index in [1.54, 1.807) is 14.2 Å². The number of nitrogens with zero attached hydrogens (tertiary/aromatic N) is 2. The third-order valence-corrected chi connectivity index (χ3v) is 3.11. The van der Waals surface area contributed by atoms with Crippen LogP contribution in [0.1, 0.15) is 24.0 Å². The van der Waals surface area contributed by atoms with Gasteiger partial charge in [-0.25, -0.2) is 0 Å². The molecule has 4 nitrogen and oxygen atoms in total. The molecule has 1 aromatic carbocycles. The first-order valence-corrected chi connectivity index (χ1v) is 6.39. The molecule has 0 unspecified atom stereocenters. The van der Waals surface area contributed by atoms with Crippen LogP contribution >= 0.6 is 0 Å². The van der Waals surface area contributed by atoms with Crippen LogP contribution in [0.2, 0.25) is 0 Å². The predicted molar refractivity (Wildman–Crippen MR) is 75.5 cm³/mol. The molecule has 19 heavy (non-hydrogen) atoms. The van der Waals surface area contributed by atoms with Gasteiger partial charge < -0.3 is 14.4 Å². The molecule has 104 valence electrons. The van der Waals surface area contributed by atoms with Gasteiger partial charge in [-0.2, -0.15) is 5.26 Å². The second-order valence-electron chi connectivity index (χ2n) is 4.63. The van der Waals surface area contributed by atoms with Gasteiger partial charge >= 0.3 is 0 Å².